The molecular weight excluding hydrogens is 250 g/mol. The molecule has 4 nitrogen and oxygen atoms in total. The van der Waals surface area contributed by atoms with Crippen LogP contribution in [0.2, 0.25) is 0 Å². The van der Waals surface area contributed by atoms with Gasteiger partial charge in [-0.05, 0) is 43.4 Å². The number of likely N-dealkylation sites (tertiary alicyclic amines) is 1. The maximum atomic E-state index is 12.1. The van der Waals surface area contributed by atoms with Crippen molar-refractivity contribution in [3.8, 4) is 0 Å². The molecule has 1 N–H and O–H groups in total. The summed E-state index contributed by atoms with van der Waals surface area (Å²) in [6, 6.07) is 3.77. The van der Waals surface area contributed by atoms with Gasteiger partial charge in [0.05, 0.1) is 0 Å². The van der Waals surface area contributed by atoms with Gasteiger partial charge in [-0.25, -0.2) is 0 Å². The fourth-order valence-electron chi connectivity index (χ4n) is 2.81. The first-order chi connectivity index (χ1) is 9.56. The summed E-state index contributed by atoms with van der Waals surface area (Å²) in [4.78, 5) is 18.7. The highest BCUT2D eigenvalue weighted by Crippen LogP contribution is 2.16. The first-order valence-corrected chi connectivity index (χ1v) is 7.48. The number of hydrogen-bond acceptors (Lipinski definition) is 3. The van der Waals surface area contributed by atoms with Crippen LogP contribution in [0.4, 0.5) is 0 Å². The van der Waals surface area contributed by atoms with E-state index in [0.29, 0.717) is 17.5 Å². The number of carbonyl (C=O) groups excluding carboxylic acids is 1. The van der Waals surface area contributed by atoms with Gasteiger partial charge in [0.1, 0.15) is 5.69 Å². The number of amides is 1. The molecule has 0 aliphatic carbocycles. The highest BCUT2D eigenvalue weighted by atomic mass is 16.1. The van der Waals surface area contributed by atoms with Crippen molar-refractivity contribution in [2.24, 2.45) is 11.8 Å². The molecule has 1 saturated heterocycles. The molecule has 110 valence electrons. The van der Waals surface area contributed by atoms with Crippen LogP contribution in [-0.2, 0) is 0 Å². The molecule has 0 aromatic carbocycles. The molecule has 0 unspecified atom stereocenters. The zero-order chi connectivity index (χ0) is 14.5. The molecule has 0 bridgehead atoms. The normalized spacial score (nSPS) is 19.5. The third-order valence-electron chi connectivity index (χ3n) is 3.77. The van der Waals surface area contributed by atoms with Crippen molar-refractivity contribution in [3.63, 3.8) is 0 Å². The van der Waals surface area contributed by atoms with Crippen molar-refractivity contribution >= 4 is 5.91 Å². The number of carbonyl (C=O) groups is 1. The van der Waals surface area contributed by atoms with Crippen molar-refractivity contribution in [1.82, 2.24) is 15.2 Å². The van der Waals surface area contributed by atoms with E-state index in [4.69, 9.17) is 0 Å². The number of aryl methyl sites for hydroxylation is 1. The molecule has 1 amide bonds. The lowest BCUT2D eigenvalue weighted by molar-refractivity contribution is 0.0941. The van der Waals surface area contributed by atoms with E-state index in [1.54, 1.807) is 6.20 Å². The SMILES string of the molecule is Cc1cccnc1C(=O)NC[C@@H]1CCN(CC(C)C)C1. The summed E-state index contributed by atoms with van der Waals surface area (Å²) < 4.78 is 0. The summed E-state index contributed by atoms with van der Waals surface area (Å²) in [6.45, 7) is 10.6. The van der Waals surface area contributed by atoms with Gasteiger partial charge in [0.15, 0.2) is 0 Å². The molecule has 1 aromatic heterocycles. The van der Waals surface area contributed by atoms with E-state index in [1.165, 1.54) is 6.42 Å². The Morgan fingerprint density at radius 3 is 3.05 bits per heavy atom. The molecule has 0 spiro atoms. The lowest BCUT2D eigenvalue weighted by Gasteiger charge is -2.18. The van der Waals surface area contributed by atoms with E-state index < -0.39 is 0 Å². The maximum absolute atomic E-state index is 12.1. The number of nitrogens with zero attached hydrogens (tertiary/aromatic N) is 2. The number of pyridine rings is 1. The van der Waals surface area contributed by atoms with Crippen molar-refractivity contribution in [2.45, 2.75) is 27.2 Å². The van der Waals surface area contributed by atoms with Crippen molar-refractivity contribution in [2.75, 3.05) is 26.2 Å². The molecule has 1 fully saturated rings. The van der Waals surface area contributed by atoms with Crippen LogP contribution in [0.15, 0.2) is 18.3 Å². The topological polar surface area (TPSA) is 45.2 Å². The molecule has 20 heavy (non-hydrogen) atoms. The summed E-state index contributed by atoms with van der Waals surface area (Å²) in [5, 5.41) is 3.03. The van der Waals surface area contributed by atoms with Crippen LogP contribution in [0.5, 0.6) is 0 Å². The van der Waals surface area contributed by atoms with Crippen LogP contribution in [0, 0.1) is 18.8 Å². The summed E-state index contributed by atoms with van der Waals surface area (Å²) in [5.41, 5.74) is 1.47. The first-order valence-electron chi connectivity index (χ1n) is 7.48. The van der Waals surface area contributed by atoms with Crippen LogP contribution < -0.4 is 5.32 Å². The minimum atomic E-state index is -0.0505. The summed E-state index contributed by atoms with van der Waals surface area (Å²) >= 11 is 0. The maximum Gasteiger partial charge on any atom is 0.270 e. The van der Waals surface area contributed by atoms with Gasteiger partial charge in [-0.1, -0.05) is 19.9 Å². The molecule has 0 saturated carbocycles. The van der Waals surface area contributed by atoms with Crippen molar-refractivity contribution < 1.29 is 4.79 Å². The van der Waals surface area contributed by atoms with Crippen LogP contribution in [0.3, 0.4) is 0 Å². The minimum Gasteiger partial charge on any atom is -0.350 e. The van der Waals surface area contributed by atoms with Gasteiger partial charge in [0.25, 0.3) is 5.91 Å². The smallest absolute Gasteiger partial charge is 0.270 e. The van der Waals surface area contributed by atoms with Crippen molar-refractivity contribution in [1.29, 1.82) is 0 Å². The lowest BCUT2D eigenvalue weighted by Crippen LogP contribution is -2.32. The molecule has 0 radical (unpaired) electrons. The van der Waals surface area contributed by atoms with E-state index in [9.17, 15) is 4.79 Å². The Labute approximate surface area is 121 Å². The first kappa shape index (κ1) is 15.0. The molecule has 1 aliphatic heterocycles. The average molecular weight is 275 g/mol. The van der Waals surface area contributed by atoms with Crippen LogP contribution in [0.25, 0.3) is 0 Å². The lowest BCUT2D eigenvalue weighted by atomic mass is 10.1. The average Bonchev–Trinajstić information content (AvgIpc) is 2.83. The molecule has 2 rings (SSSR count). The molecule has 1 aliphatic rings. The van der Waals surface area contributed by atoms with Gasteiger partial charge in [-0.3, -0.25) is 9.78 Å². The third kappa shape index (κ3) is 4.04. The number of rotatable bonds is 5. The van der Waals surface area contributed by atoms with E-state index in [0.717, 1.165) is 31.7 Å². The molecule has 1 aromatic rings. The predicted molar refractivity (Wildman–Crippen MR) is 80.7 cm³/mol. The van der Waals surface area contributed by atoms with Crippen LogP contribution >= 0.6 is 0 Å². The summed E-state index contributed by atoms with van der Waals surface area (Å²) in [7, 11) is 0. The fourth-order valence-corrected chi connectivity index (χ4v) is 2.81. The Morgan fingerprint density at radius 2 is 2.35 bits per heavy atom. The van der Waals surface area contributed by atoms with Gasteiger partial charge in [-0.15, -0.1) is 0 Å². The van der Waals surface area contributed by atoms with Gasteiger partial charge < -0.3 is 10.2 Å². The Bertz CT molecular complexity index is 459. The second-order valence-electron chi connectivity index (χ2n) is 6.19. The molecule has 1 atom stereocenters. The zero-order valence-corrected chi connectivity index (χ0v) is 12.7. The van der Waals surface area contributed by atoms with Gasteiger partial charge in [0, 0.05) is 25.8 Å². The van der Waals surface area contributed by atoms with Crippen LogP contribution in [-0.4, -0.2) is 42.0 Å². The van der Waals surface area contributed by atoms with Gasteiger partial charge >= 0.3 is 0 Å². The quantitative estimate of drug-likeness (QED) is 0.895. The molecule has 2 heterocycles. The highest BCUT2D eigenvalue weighted by Gasteiger charge is 2.23. The highest BCUT2D eigenvalue weighted by molar-refractivity contribution is 5.93. The Morgan fingerprint density at radius 1 is 1.55 bits per heavy atom. The Hall–Kier alpha value is -1.42. The Balaban J connectivity index is 1.79. The van der Waals surface area contributed by atoms with E-state index in [2.05, 4.69) is 29.0 Å². The van der Waals surface area contributed by atoms with E-state index >= 15 is 0 Å². The second kappa shape index (κ2) is 6.84. The third-order valence-corrected chi connectivity index (χ3v) is 3.77. The van der Waals surface area contributed by atoms with E-state index in [1.807, 2.05) is 19.1 Å². The molecule has 4 heteroatoms. The monoisotopic (exact) mass is 275 g/mol. The predicted octanol–water partition coefficient (Wildman–Crippen LogP) is 2.10. The number of hydrogen-bond donors (Lipinski definition) is 1. The summed E-state index contributed by atoms with van der Waals surface area (Å²) in [6.07, 6.45) is 2.84. The standard InChI is InChI=1S/C16H25N3O/c1-12(2)10-19-8-6-14(11-19)9-18-16(20)15-13(3)5-4-7-17-15/h4-5,7,12,14H,6,8-11H2,1-3H3,(H,18,20)/t14-/m0/s1. The second-order valence-corrected chi connectivity index (χ2v) is 6.19. The number of aromatic nitrogens is 1. The van der Waals surface area contributed by atoms with Crippen molar-refractivity contribution in [3.05, 3.63) is 29.6 Å². The molecular formula is C16H25N3O. The Kier molecular flexibility index (Phi) is 5.12. The van der Waals surface area contributed by atoms with Gasteiger partial charge in [-0.2, -0.15) is 0 Å². The van der Waals surface area contributed by atoms with Gasteiger partial charge in [0.2, 0.25) is 0 Å². The van der Waals surface area contributed by atoms with Crippen LogP contribution in [0.1, 0.15) is 36.3 Å². The van der Waals surface area contributed by atoms with E-state index in [-0.39, 0.29) is 5.91 Å². The fraction of sp³-hybridized carbons (Fsp3) is 0.625. The minimum absolute atomic E-state index is 0.0505. The number of nitrogens with one attached hydrogen (secondary N) is 1. The zero-order valence-electron chi connectivity index (χ0n) is 12.7. The largest absolute Gasteiger partial charge is 0.350 e. The summed E-state index contributed by atoms with van der Waals surface area (Å²) in [5.74, 6) is 1.23.